The Morgan fingerprint density at radius 1 is 1.21 bits per heavy atom. The van der Waals surface area contributed by atoms with Gasteiger partial charge in [-0.3, -0.25) is 9.59 Å². The second kappa shape index (κ2) is 4.00. The number of hydrogen-bond acceptors (Lipinski definition) is 4. The average molecular weight is 193 g/mol. The van der Waals surface area contributed by atoms with Crippen LogP contribution in [0, 0.1) is 0 Å². The molecule has 0 spiro atoms. The molecule has 0 unspecified atom stereocenters. The summed E-state index contributed by atoms with van der Waals surface area (Å²) in [6.07, 6.45) is 0. The van der Waals surface area contributed by atoms with E-state index in [0.29, 0.717) is 5.75 Å². The van der Waals surface area contributed by atoms with Crippen molar-refractivity contribution < 1.29 is 14.3 Å². The number of hydrogen-bond donors (Lipinski definition) is 0. The summed E-state index contributed by atoms with van der Waals surface area (Å²) >= 11 is 0. The van der Waals surface area contributed by atoms with Crippen LogP contribution in [0.3, 0.4) is 0 Å². The lowest BCUT2D eigenvalue weighted by molar-refractivity contribution is 0.100. The van der Waals surface area contributed by atoms with Crippen molar-refractivity contribution in [2.45, 2.75) is 13.8 Å². The number of nitrogens with zero attached hydrogens (tertiary/aromatic N) is 1. The third-order valence-corrected chi connectivity index (χ3v) is 1.77. The van der Waals surface area contributed by atoms with Gasteiger partial charge < -0.3 is 4.74 Å². The molecule has 0 saturated heterocycles. The van der Waals surface area contributed by atoms with E-state index in [4.69, 9.17) is 4.74 Å². The van der Waals surface area contributed by atoms with Crippen LogP contribution in [0.2, 0.25) is 0 Å². The van der Waals surface area contributed by atoms with Gasteiger partial charge in [0.25, 0.3) is 0 Å². The van der Waals surface area contributed by atoms with Gasteiger partial charge in [0.1, 0.15) is 17.1 Å². The van der Waals surface area contributed by atoms with Gasteiger partial charge in [-0.15, -0.1) is 0 Å². The predicted molar refractivity (Wildman–Crippen MR) is 50.8 cm³/mol. The van der Waals surface area contributed by atoms with Crippen molar-refractivity contribution >= 4 is 11.6 Å². The van der Waals surface area contributed by atoms with Gasteiger partial charge in [-0.05, 0) is 12.1 Å². The highest BCUT2D eigenvalue weighted by molar-refractivity contribution is 5.98. The first-order chi connectivity index (χ1) is 6.56. The number of pyridine rings is 1. The molecule has 0 N–H and O–H groups in total. The van der Waals surface area contributed by atoms with E-state index in [1.54, 1.807) is 6.07 Å². The molecule has 0 aliphatic heterocycles. The molecule has 1 aromatic heterocycles. The van der Waals surface area contributed by atoms with E-state index in [-0.39, 0.29) is 23.0 Å². The van der Waals surface area contributed by atoms with Crippen LogP contribution in [0.15, 0.2) is 12.1 Å². The molecule has 0 aliphatic carbocycles. The minimum Gasteiger partial charge on any atom is -0.494 e. The van der Waals surface area contributed by atoms with Crippen molar-refractivity contribution in [2.24, 2.45) is 0 Å². The van der Waals surface area contributed by atoms with E-state index in [1.807, 2.05) is 0 Å². The van der Waals surface area contributed by atoms with Gasteiger partial charge in [0.2, 0.25) is 0 Å². The maximum atomic E-state index is 11.1. The number of aromatic nitrogens is 1. The zero-order chi connectivity index (χ0) is 10.7. The third kappa shape index (κ3) is 1.96. The molecule has 0 aromatic carbocycles. The minimum absolute atomic E-state index is 0.171. The van der Waals surface area contributed by atoms with Crippen molar-refractivity contribution in [3.63, 3.8) is 0 Å². The lowest BCUT2D eigenvalue weighted by Gasteiger charge is -2.05. The van der Waals surface area contributed by atoms with Crippen molar-refractivity contribution in [3.05, 3.63) is 23.5 Å². The Morgan fingerprint density at radius 2 is 1.86 bits per heavy atom. The Labute approximate surface area is 81.9 Å². The number of ether oxygens (including phenoxy) is 1. The van der Waals surface area contributed by atoms with Gasteiger partial charge >= 0.3 is 0 Å². The molecule has 1 rings (SSSR count). The van der Waals surface area contributed by atoms with E-state index in [0.717, 1.165) is 0 Å². The van der Waals surface area contributed by atoms with Crippen molar-refractivity contribution in [3.8, 4) is 5.75 Å². The smallest absolute Gasteiger partial charge is 0.181 e. The SMILES string of the molecule is COc1ccc(C(C)=O)nc1C(C)=O. The number of carbonyl (C=O) groups excluding carboxylic acids is 2. The molecule has 0 fully saturated rings. The zero-order valence-electron chi connectivity index (χ0n) is 8.33. The predicted octanol–water partition coefficient (Wildman–Crippen LogP) is 1.50. The quantitative estimate of drug-likeness (QED) is 0.682. The molecule has 0 aliphatic rings. The first-order valence-corrected chi connectivity index (χ1v) is 4.13. The number of methoxy groups -OCH3 is 1. The van der Waals surface area contributed by atoms with E-state index >= 15 is 0 Å². The molecule has 0 atom stereocenters. The highest BCUT2D eigenvalue weighted by Gasteiger charge is 2.12. The first kappa shape index (κ1) is 10.4. The Kier molecular flexibility index (Phi) is 2.96. The summed E-state index contributed by atoms with van der Waals surface area (Å²) in [5, 5.41) is 0. The molecule has 1 aromatic rings. The summed E-state index contributed by atoms with van der Waals surface area (Å²) in [6.45, 7) is 2.79. The molecule has 4 nitrogen and oxygen atoms in total. The van der Waals surface area contributed by atoms with Gasteiger partial charge in [-0.25, -0.2) is 4.98 Å². The van der Waals surface area contributed by atoms with Gasteiger partial charge in [0.05, 0.1) is 7.11 Å². The molecule has 74 valence electrons. The molecule has 0 saturated carbocycles. The van der Waals surface area contributed by atoms with Gasteiger partial charge in [0.15, 0.2) is 11.6 Å². The van der Waals surface area contributed by atoms with Crippen LogP contribution >= 0.6 is 0 Å². The second-order valence-electron chi connectivity index (χ2n) is 2.86. The zero-order valence-corrected chi connectivity index (χ0v) is 8.33. The van der Waals surface area contributed by atoms with Crippen molar-refractivity contribution in [1.29, 1.82) is 0 Å². The van der Waals surface area contributed by atoms with E-state index in [9.17, 15) is 9.59 Å². The molecule has 14 heavy (non-hydrogen) atoms. The fourth-order valence-electron chi connectivity index (χ4n) is 1.06. The Morgan fingerprint density at radius 3 is 2.29 bits per heavy atom. The average Bonchev–Trinajstić information content (AvgIpc) is 2.16. The Hall–Kier alpha value is -1.71. The monoisotopic (exact) mass is 193 g/mol. The highest BCUT2D eigenvalue weighted by Crippen LogP contribution is 2.16. The summed E-state index contributed by atoms with van der Waals surface area (Å²) in [5.41, 5.74) is 0.469. The van der Waals surface area contributed by atoms with Crippen LogP contribution in [0.1, 0.15) is 34.8 Å². The third-order valence-electron chi connectivity index (χ3n) is 1.77. The van der Waals surface area contributed by atoms with Crippen LogP contribution in [0.25, 0.3) is 0 Å². The van der Waals surface area contributed by atoms with Crippen molar-refractivity contribution in [1.82, 2.24) is 4.98 Å². The standard InChI is InChI=1S/C10H11NO3/c1-6(12)8-4-5-9(14-3)10(11-8)7(2)13/h4-5H,1-3H3. The number of Topliss-reactive ketones (excluding diaryl/α,β-unsaturated/α-hetero) is 2. The molecule has 0 amide bonds. The fourth-order valence-corrected chi connectivity index (χ4v) is 1.06. The molecular weight excluding hydrogens is 182 g/mol. The second-order valence-corrected chi connectivity index (χ2v) is 2.86. The molecule has 0 radical (unpaired) electrons. The topological polar surface area (TPSA) is 56.3 Å². The normalized spacial score (nSPS) is 9.64. The first-order valence-electron chi connectivity index (χ1n) is 4.13. The van der Waals surface area contributed by atoms with Gasteiger partial charge in [0, 0.05) is 13.8 Å². The van der Waals surface area contributed by atoms with E-state index in [2.05, 4.69) is 4.98 Å². The van der Waals surface area contributed by atoms with E-state index in [1.165, 1.54) is 27.0 Å². The van der Waals surface area contributed by atoms with Crippen LogP contribution in [-0.2, 0) is 0 Å². The molecule has 0 bridgehead atoms. The highest BCUT2D eigenvalue weighted by atomic mass is 16.5. The summed E-state index contributed by atoms with van der Waals surface area (Å²) in [4.78, 5) is 26.1. The lowest BCUT2D eigenvalue weighted by atomic mass is 10.2. The molecular formula is C10H11NO3. The number of ketones is 2. The van der Waals surface area contributed by atoms with Crippen LogP contribution < -0.4 is 4.74 Å². The maximum absolute atomic E-state index is 11.1. The summed E-state index contributed by atoms with van der Waals surface area (Å²) in [6, 6.07) is 3.11. The summed E-state index contributed by atoms with van der Waals surface area (Å²) in [5.74, 6) is 0.00241. The fraction of sp³-hybridized carbons (Fsp3) is 0.300. The van der Waals surface area contributed by atoms with Crippen molar-refractivity contribution in [2.75, 3.05) is 7.11 Å². The molecule has 4 heteroatoms. The summed E-state index contributed by atoms with van der Waals surface area (Å²) in [7, 11) is 1.46. The Bertz CT molecular complexity index is 385. The minimum atomic E-state index is -0.218. The molecule has 1 heterocycles. The Balaban J connectivity index is 3.27. The van der Waals surface area contributed by atoms with Gasteiger partial charge in [-0.1, -0.05) is 0 Å². The van der Waals surface area contributed by atoms with Gasteiger partial charge in [-0.2, -0.15) is 0 Å². The summed E-state index contributed by atoms with van der Waals surface area (Å²) < 4.78 is 4.95. The largest absolute Gasteiger partial charge is 0.494 e. The van der Waals surface area contributed by atoms with Crippen LogP contribution in [0.4, 0.5) is 0 Å². The number of rotatable bonds is 3. The van der Waals surface area contributed by atoms with Crippen LogP contribution in [0.5, 0.6) is 5.75 Å². The lowest BCUT2D eigenvalue weighted by Crippen LogP contribution is -2.06. The maximum Gasteiger partial charge on any atom is 0.181 e. The van der Waals surface area contributed by atoms with Crippen LogP contribution in [-0.4, -0.2) is 23.7 Å². The van der Waals surface area contributed by atoms with E-state index < -0.39 is 0 Å². The number of carbonyl (C=O) groups is 2.